The summed E-state index contributed by atoms with van der Waals surface area (Å²) >= 11 is 5.63. The third-order valence-electron chi connectivity index (χ3n) is 6.30. The Morgan fingerprint density at radius 1 is 1.00 bits per heavy atom. The van der Waals surface area contributed by atoms with E-state index in [4.69, 9.17) is 26.4 Å². The summed E-state index contributed by atoms with van der Waals surface area (Å²) < 4.78 is 17.7. The predicted octanol–water partition coefficient (Wildman–Crippen LogP) is 6.27. The highest BCUT2D eigenvalue weighted by molar-refractivity contribution is 7.80. The van der Waals surface area contributed by atoms with Gasteiger partial charge in [0.2, 0.25) is 0 Å². The molecule has 1 fully saturated rings. The SMILES string of the molecule is C=CCc1cc(/C=C2/C(=O)N(c3ccc(OCC)cc3)C(=S)N2C)cc(OCC)c1OCc1ccccc1C#N. The summed E-state index contributed by atoms with van der Waals surface area (Å²) in [5, 5.41) is 9.83. The molecule has 0 saturated carbocycles. The first-order chi connectivity index (χ1) is 19.4. The molecule has 1 amide bonds. The standard InChI is InChI=1S/C32H31N3O4S/c1-5-10-23-17-22(19-29(38-7-3)30(23)39-21-25-12-9-8-11-24(25)20-33)18-28-31(36)35(32(40)34(28)4)26-13-15-27(16-14-26)37-6-2/h5,8-9,11-19H,1,6-7,10,21H2,2-4H3/b28-18-. The van der Waals surface area contributed by atoms with E-state index in [1.165, 1.54) is 4.90 Å². The molecule has 1 saturated heterocycles. The van der Waals surface area contributed by atoms with E-state index < -0.39 is 0 Å². The minimum atomic E-state index is -0.228. The van der Waals surface area contributed by atoms with Crippen molar-refractivity contribution in [1.82, 2.24) is 4.90 Å². The number of likely N-dealkylation sites (N-methyl/N-ethyl adjacent to an activating group) is 1. The maximum atomic E-state index is 13.5. The van der Waals surface area contributed by atoms with E-state index in [0.29, 0.717) is 53.2 Å². The molecule has 0 bridgehead atoms. The van der Waals surface area contributed by atoms with Crippen LogP contribution < -0.4 is 19.1 Å². The highest BCUT2D eigenvalue weighted by Crippen LogP contribution is 2.37. The van der Waals surface area contributed by atoms with E-state index >= 15 is 0 Å². The number of thiocarbonyl (C=S) groups is 1. The number of rotatable bonds is 11. The highest BCUT2D eigenvalue weighted by Gasteiger charge is 2.37. The lowest BCUT2D eigenvalue weighted by atomic mass is 10.0. The molecular formula is C32H31N3O4S. The number of carbonyl (C=O) groups is 1. The maximum absolute atomic E-state index is 13.5. The molecule has 0 radical (unpaired) electrons. The summed E-state index contributed by atoms with van der Waals surface area (Å²) in [5.41, 5.74) is 4.05. The van der Waals surface area contributed by atoms with Crippen molar-refractivity contribution in [2.24, 2.45) is 0 Å². The van der Waals surface area contributed by atoms with Gasteiger partial charge in [-0.25, -0.2) is 0 Å². The summed E-state index contributed by atoms with van der Waals surface area (Å²) in [4.78, 5) is 16.8. The molecule has 4 rings (SSSR count). The van der Waals surface area contributed by atoms with Gasteiger partial charge in [-0.3, -0.25) is 9.69 Å². The van der Waals surface area contributed by atoms with Gasteiger partial charge in [0, 0.05) is 18.2 Å². The number of benzene rings is 3. The molecule has 40 heavy (non-hydrogen) atoms. The fourth-order valence-electron chi connectivity index (χ4n) is 4.41. The number of ether oxygens (including phenoxy) is 3. The first kappa shape index (κ1) is 28.4. The third-order valence-corrected chi connectivity index (χ3v) is 6.76. The smallest absolute Gasteiger partial charge is 0.281 e. The molecule has 0 unspecified atom stereocenters. The van der Waals surface area contributed by atoms with Gasteiger partial charge in [0.25, 0.3) is 5.91 Å². The molecular weight excluding hydrogens is 522 g/mol. The van der Waals surface area contributed by atoms with Gasteiger partial charge in [0.15, 0.2) is 16.6 Å². The van der Waals surface area contributed by atoms with Crippen molar-refractivity contribution >= 4 is 35.0 Å². The van der Waals surface area contributed by atoms with Crippen molar-refractivity contribution < 1.29 is 19.0 Å². The van der Waals surface area contributed by atoms with E-state index in [-0.39, 0.29) is 12.5 Å². The van der Waals surface area contributed by atoms with Gasteiger partial charge in [-0.1, -0.05) is 24.3 Å². The van der Waals surface area contributed by atoms with Crippen LogP contribution in [-0.2, 0) is 17.8 Å². The minimum absolute atomic E-state index is 0.209. The van der Waals surface area contributed by atoms with Crippen LogP contribution >= 0.6 is 12.2 Å². The Kier molecular flexibility index (Phi) is 9.20. The van der Waals surface area contributed by atoms with E-state index in [9.17, 15) is 10.1 Å². The lowest BCUT2D eigenvalue weighted by molar-refractivity contribution is -0.114. The van der Waals surface area contributed by atoms with Gasteiger partial charge in [-0.2, -0.15) is 5.26 Å². The van der Waals surface area contributed by atoms with Crippen molar-refractivity contribution in [2.45, 2.75) is 26.9 Å². The maximum Gasteiger partial charge on any atom is 0.281 e. The fourth-order valence-corrected chi connectivity index (χ4v) is 4.69. The summed E-state index contributed by atoms with van der Waals surface area (Å²) in [7, 11) is 1.78. The summed E-state index contributed by atoms with van der Waals surface area (Å²) in [6.07, 6.45) is 4.10. The molecule has 0 atom stereocenters. The van der Waals surface area contributed by atoms with Crippen molar-refractivity contribution in [2.75, 3.05) is 25.2 Å². The van der Waals surface area contributed by atoms with Crippen molar-refractivity contribution in [1.29, 1.82) is 5.26 Å². The van der Waals surface area contributed by atoms with Crippen molar-refractivity contribution in [3.05, 3.63) is 101 Å². The fraction of sp³-hybridized carbons (Fsp3) is 0.219. The van der Waals surface area contributed by atoms with Crippen LogP contribution in [0.5, 0.6) is 17.2 Å². The van der Waals surface area contributed by atoms with Crippen LogP contribution in [0.2, 0.25) is 0 Å². The zero-order valence-corrected chi connectivity index (χ0v) is 23.7. The Balaban J connectivity index is 1.68. The molecule has 1 aliphatic heterocycles. The number of nitrogens with zero attached hydrogens (tertiary/aromatic N) is 3. The predicted molar refractivity (Wildman–Crippen MR) is 160 cm³/mol. The second kappa shape index (κ2) is 13.0. The van der Waals surface area contributed by atoms with Crippen LogP contribution in [0.3, 0.4) is 0 Å². The van der Waals surface area contributed by atoms with Crippen LogP contribution in [0.15, 0.2) is 79.0 Å². The lowest BCUT2D eigenvalue weighted by Crippen LogP contribution is -2.31. The first-order valence-corrected chi connectivity index (χ1v) is 13.4. The van der Waals surface area contributed by atoms with E-state index in [2.05, 4.69) is 12.6 Å². The molecule has 0 aliphatic carbocycles. The van der Waals surface area contributed by atoms with Crippen molar-refractivity contribution in [3.8, 4) is 23.3 Å². The Bertz CT molecular complexity index is 1490. The van der Waals surface area contributed by atoms with Gasteiger partial charge in [-0.05, 0) is 86.6 Å². The molecule has 0 aromatic heterocycles. The molecule has 7 nitrogen and oxygen atoms in total. The van der Waals surface area contributed by atoms with Crippen LogP contribution in [0.25, 0.3) is 6.08 Å². The molecule has 1 aliphatic rings. The van der Waals surface area contributed by atoms with Gasteiger partial charge >= 0.3 is 0 Å². The van der Waals surface area contributed by atoms with Gasteiger partial charge < -0.3 is 19.1 Å². The van der Waals surface area contributed by atoms with Crippen LogP contribution in [0.1, 0.15) is 36.1 Å². The Hall–Kier alpha value is -4.61. The summed E-state index contributed by atoms with van der Waals surface area (Å²) in [6.45, 7) is 8.91. The second-order valence-corrected chi connectivity index (χ2v) is 9.29. The average Bonchev–Trinajstić information content (AvgIpc) is 3.16. The second-order valence-electron chi connectivity index (χ2n) is 8.93. The normalized spacial score (nSPS) is 13.9. The minimum Gasteiger partial charge on any atom is -0.494 e. The molecule has 204 valence electrons. The van der Waals surface area contributed by atoms with E-state index in [1.54, 1.807) is 30.2 Å². The van der Waals surface area contributed by atoms with Crippen molar-refractivity contribution in [3.63, 3.8) is 0 Å². The number of hydrogen-bond donors (Lipinski definition) is 0. The third kappa shape index (κ3) is 6.00. The molecule has 3 aromatic carbocycles. The molecule has 0 N–H and O–H groups in total. The van der Waals surface area contributed by atoms with Crippen LogP contribution in [0.4, 0.5) is 5.69 Å². The Labute approximate surface area is 240 Å². The Morgan fingerprint density at radius 3 is 2.40 bits per heavy atom. The number of nitriles is 1. The zero-order valence-electron chi connectivity index (χ0n) is 22.8. The summed E-state index contributed by atoms with van der Waals surface area (Å²) in [5.74, 6) is 1.62. The topological polar surface area (TPSA) is 75.0 Å². The van der Waals surface area contributed by atoms with Crippen LogP contribution in [-0.4, -0.2) is 36.2 Å². The number of carbonyl (C=O) groups excluding carboxylic acids is 1. The lowest BCUT2D eigenvalue weighted by Gasteiger charge is -2.18. The zero-order chi connectivity index (χ0) is 28.6. The first-order valence-electron chi connectivity index (χ1n) is 13.0. The molecule has 1 heterocycles. The molecule has 8 heteroatoms. The van der Waals surface area contributed by atoms with E-state index in [0.717, 1.165) is 22.4 Å². The largest absolute Gasteiger partial charge is 0.494 e. The van der Waals surface area contributed by atoms with Gasteiger partial charge in [-0.15, -0.1) is 6.58 Å². The number of hydrogen-bond acceptors (Lipinski definition) is 6. The van der Waals surface area contributed by atoms with Crippen LogP contribution in [0, 0.1) is 11.3 Å². The molecule has 0 spiro atoms. The van der Waals surface area contributed by atoms with E-state index in [1.807, 2.05) is 68.4 Å². The molecule has 3 aromatic rings. The number of amides is 1. The highest BCUT2D eigenvalue weighted by atomic mass is 32.1. The number of allylic oxidation sites excluding steroid dienone is 1. The summed E-state index contributed by atoms with van der Waals surface area (Å²) in [6, 6.07) is 20.6. The number of anilines is 1. The average molecular weight is 554 g/mol. The van der Waals surface area contributed by atoms with Gasteiger partial charge in [0.1, 0.15) is 18.1 Å². The quantitative estimate of drug-likeness (QED) is 0.157. The Morgan fingerprint density at radius 2 is 1.73 bits per heavy atom. The van der Waals surface area contributed by atoms with Gasteiger partial charge in [0.05, 0.1) is 30.5 Å². The monoisotopic (exact) mass is 553 g/mol.